The first-order chi connectivity index (χ1) is 11.2. The average molecular weight is 337 g/mol. The van der Waals surface area contributed by atoms with E-state index in [1.54, 1.807) is 31.1 Å². The number of nitrogens with zero attached hydrogens (tertiary/aromatic N) is 2. The van der Waals surface area contributed by atoms with Gasteiger partial charge in [0.05, 0.1) is 16.5 Å². The molecule has 1 aliphatic rings. The molecule has 1 N–H and O–H groups in total. The number of carbonyl (C=O) groups excluding carboxylic acids is 1. The van der Waals surface area contributed by atoms with Crippen molar-refractivity contribution in [1.82, 2.24) is 14.5 Å². The first-order valence-corrected chi connectivity index (χ1v) is 8.03. The minimum absolute atomic E-state index is 0.214. The lowest BCUT2D eigenvalue weighted by Crippen LogP contribution is -2.40. The molecule has 2 heterocycles. The number of alkyl halides is 2. The average Bonchev–Trinajstić information content (AvgIpc) is 2.85. The van der Waals surface area contributed by atoms with Gasteiger partial charge >= 0.3 is 0 Å². The lowest BCUT2D eigenvalue weighted by atomic mass is 9.92. The Bertz CT molecular complexity index is 857. The fourth-order valence-corrected chi connectivity index (χ4v) is 3.52. The molecule has 24 heavy (non-hydrogen) atoms. The predicted octanol–water partition coefficient (Wildman–Crippen LogP) is 2.49. The normalized spacial score (nSPS) is 18.0. The first kappa shape index (κ1) is 16.7. The van der Waals surface area contributed by atoms with Crippen LogP contribution in [0.25, 0.3) is 10.9 Å². The number of halogens is 2. The van der Waals surface area contributed by atoms with Crippen LogP contribution in [0, 0.1) is 6.92 Å². The zero-order valence-corrected chi connectivity index (χ0v) is 14.0. The Kier molecular flexibility index (Phi) is 3.97. The second-order valence-electron chi connectivity index (χ2n) is 6.71. The van der Waals surface area contributed by atoms with Gasteiger partial charge in [0.1, 0.15) is 0 Å². The molecule has 1 saturated carbocycles. The lowest BCUT2D eigenvalue weighted by molar-refractivity contribution is -0.0399. The van der Waals surface area contributed by atoms with Crippen LogP contribution in [0.1, 0.15) is 41.6 Å². The van der Waals surface area contributed by atoms with Crippen molar-refractivity contribution < 1.29 is 13.6 Å². The van der Waals surface area contributed by atoms with Crippen molar-refractivity contribution in [2.45, 2.75) is 44.6 Å². The van der Waals surface area contributed by atoms with Crippen molar-refractivity contribution in [3.63, 3.8) is 0 Å². The van der Waals surface area contributed by atoms with Crippen molar-refractivity contribution >= 4 is 16.8 Å². The monoisotopic (exact) mass is 337 g/mol. The first-order valence-electron chi connectivity index (χ1n) is 8.03. The number of rotatable bonds is 2. The standard InChI is InChI=1S/C17H21F2N3O2/c1-10-8-22(3)16(24)13-12(9-21(2)14(10)13)15(23)20-11-4-6-17(18,19)7-5-11/h8-9,11H,4-7H2,1-3H3,(H,20,23). The molecule has 5 nitrogen and oxygen atoms in total. The Morgan fingerprint density at radius 2 is 1.83 bits per heavy atom. The van der Waals surface area contributed by atoms with Crippen molar-refractivity contribution in [3.05, 3.63) is 33.9 Å². The van der Waals surface area contributed by atoms with Crippen LogP contribution in [0.15, 0.2) is 17.2 Å². The Morgan fingerprint density at radius 1 is 1.21 bits per heavy atom. The van der Waals surface area contributed by atoms with E-state index in [1.807, 2.05) is 6.92 Å². The van der Waals surface area contributed by atoms with Gasteiger partial charge in [0.2, 0.25) is 5.92 Å². The van der Waals surface area contributed by atoms with E-state index in [4.69, 9.17) is 0 Å². The van der Waals surface area contributed by atoms with Crippen molar-refractivity contribution in [2.24, 2.45) is 14.1 Å². The lowest BCUT2D eigenvalue weighted by Gasteiger charge is -2.28. The van der Waals surface area contributed by atoms with E-state index in [0.717, 1.165) is 11.1 Å². The fourth-order valence-electron chi connectivity index (χ4n) is 3.52. The predicted molar refractivity (Wildman–Crippen MR) is 87.6 cm³/mol. The minimum Gasteiger partial charge on any atom is -0.349 e. The molecular weight excluding hydrogens is 316 g/mol. The Hall–Kier alpha value is -2.18. The van der Waals surface area contributed by atoms with E-state index in [1.165, 1.54) is 4.57 Å². The van der Waals surface area contributed by atoms with Gasteiger partial charge in [-0.1, -0.05) is 0 Å². The third-order valence-corrected chi connectivity index (χ3v) is 4.77. The number of carbonyl (C=O) groups is 1. The zero-order valence-electron chi connectivity index (χ0n) is 14.0. The third kappa shape index (κ3) is 2.83. The molecule has 130 valence electrons. The molecule has 0 saturated heterocycles. The van der Waals surface area contributed by atoms with Gasteiger partial charge in [0.15, 0.2) is 0 Å². The molecule has 3 rings (SSSR count). The van der Waals surface area contributed by atoms with Crippen molar-refractivity contribution in [2.75, 3.05) is 0 Å². The molecule has 0 bridgehead atoms. The molecule has 1 amide bonds. The molecule has 1 aliphatic carbocycles. The van der Waals surface area contributed by atoms with Crippen molar-refractivity contribution in [3.8, 4) is 0 Å². The molecular formula is C17H21F2N3O2. The summed E-state index contributed by atoms with van der Waals surface area (Å²) in [7, 11) is 3.43. The molecule has 1 fully saturated rings. The fraction of sp³-hybridized carbons (Fsp3) is 0.529. The third-order valence-electron chi connectivity index (χ3n) is 4.77. The number of amides is 1. The summed E-state index contributed by atoms with van der Waals surface area (Å²) < 4.78 is 29.7. The smallest absolute Gasteiger partial charge is 0.260 e. The topological polar surface area (TPSA) is 56.0 Å². The summed E-state index contributed by atoms with van der Waals surface area (Å²) in [5, 5.41) is 3.18. The van der Waals surface area contributed by atoms with Gasteiger partial charge in [-0.05, 0) is 25.3 Å². The van der Waals surface area contributed by atoms with Crippen LogP contribution in [0.4, 0.5) is 8.78 Å². The number of fused-ring (bicyclic) bond motifs is 1. The zero-order chi connectivity index (χ0) is 17.6. The SMILES string of the molecule is Cc1cn(C)c(=O)c2c(C(=O)NC3CCC(F)(F)CC3)cn(C)c12. The quantitative estimate of drug-likeness (QED) is 0.915. The highest BCUT2D eigenvalue weighted by Gasteiger charge is 2.35. The number of nitrogens with one attached hydrogen (secondary N) is 1. The summed E-state index contributed by atoms with van der Waals surface area (Å²) in [6, 6.07) is -0.277. The van der Waals surface area contributed by atoms with E-state index in [0.29, 0.717) is 10.9 Å². The highest BCUT2D eigenvalue weighted by atomic mass is 19.3. The summed E-state index contributed by atoms with van der Waals surface area (Å²) in [5.41, 5.74) is 1.68. The maximum Gasteiger partial charge on any atom is 0.260 e. The van der Waals surface area contributed by atoms with E-state index < -0.39 is 5.92 Å². The molecule has 0 aliphatic heterocycles. The summed E-state index contributed by atoms with van der Waals surface area (Å²) in [6.07, 6.45) is 3.44. The maximum absolute atomic E-state index is 13.2. The van der Waals surface area contributed by atoms with Gasteiger partial charge in [-0.3, -0.25) is 9.59 Å². The van der Waals surface area contributed by atoms with Crippen LogP contribution in [0.5, 0.6) is 0 Å². The van der Waals surface area contributed by atoms with Crippen LogP contribution in [0.3, 0.4) is 0 Å². The van der Waals surface area contributed by atoms with Crippen LogP contribution < -0.4 is 10.9 Å². The van der Waals surface area contributed by atoms with E-state index >= 15 is 0 Å². The highest BCUT2D eigenvalue weighted by Crippen LogP contribution is 2.33. The van der Waals surface area contributed by atoms with Crippen LogP contribution in [-0.2, 0) is 14.1 Å². The molecule has 0 radical (unpaired) electrons. The molecule has 0 aromatic carbocycles. The Labute approximate surface area is 138 Å². The molecule has 0 spiro atoms. The summed E-state index contributed by atoms with van der Waals surface area (Å²) in [4.78, 5) is 25.1. The van der Waals surface area contributed by atoms with Gasteiger partial charge in [-0.15, -0.1) is 0 Å². The van der Waals surface area contributed by atoms with Crippen LogP contribution in [0.2, 0.25) is 0 Å². The van der Waals surface area contributed by atoms with Crippen LogP contribution in [-0.4, -0.2) is 27.0 Å². The number of hydrogen-bond acceptors (Lipinski definition) is 2. The van der Waals surface area contributed by atoms with Crippen molar-refractivity contribution in [1.29, 1.82) is 0 Å². The van der Waals surface area contributed by atoms with E-state index in [2.05, 4.69) is 5.32 Å². The second kappa shape index (κ2) is 5.72. The minimum atomic E-state index is -2.63. The molecule has 2 aromatic rings. The largest absolute Gasteiger partial charge is 0.349 e. The molecule has 0 unspecified atom stereocenters. The van der Waals surface area contributed by atoms with Gasteiger partial charge in [0, 0.05) is 45.4 Å². The van der Waals surface area contributed by atoms with Gasteiger partial charge in [-0.2, -0.15) is 0 Å². The highest BCUT2D eigenvalue weighted by molar-refractivity contribution is 6.07. The van der Waals surface area contributed by atoms with E-state index in [-0.39, 0.29) is 43.2 Å². The van der Waals surface area contributed by atoms with Gasteiger partial charge in [0.25, 0.3) is 11.5 Å². The van der Waals surface area contributed by atoms with Gasteiger partial charge < -0.3 is 14.5 Å². The van der Waals surface area contributed by atoms with E-state index in [9.17, 15) is 18.4 Å². The number of pyridine rings is 1. The molecule has 0 atom stereocenters. The number of aromatic nitrogens is 2. The number of aryl methyl sites for hydroxylation is 3. The number of hydrogen-bond donors (Lipinski definition) is 1. The Balaban J connectivity index is 1.93. The summed E-state index contributed by atoms with van der Waals surface area (Å²) >= 11 is 0. The molecule has 2 aromatic heterocycles. The summed E-state index contributed by atoms with van der Waals surface area (Å²) in [6.45, 7) is 1.88. The van der Waals surface area contributed by atoms with Crippen LogP contribution >= 0.6 is 0 Å². The molecule has 7 heteroatoms. The van der Waals surface area contributed by atoms with Gasteiger partial charge in [-0.25, -0.2) is 8.78 Å². The second-order valence-corrected chi connectivity index (χ2v) is 6.71. The Morgan fingerprint density at radius 3 is 2.46 bits per heavy atom. The maximum atomic E-state index is 13.2. The summed E-state index contributed by atoms with van der Waals surface area (Å²) in [5.74, 6) is -3.01.